The molecule has 0 aromatic heterocycles. The van der Waals surface area contributed by atoms with Crippen molar-refractivity contribution in [3.63, 3.8) is 0 Å². The van der Waals surface area contributed by atoms with Gasteiger partial charge in [0, 0.05) is 12.4 Å². The summed E-state index contributed by atoms with van der Waals surface area (Å²) >= 11 is 0. The van der Waals surface area contributed by atoms with Crippen LogP contribution in [0.3, 0.4) is 0 Å². The maximum atomic E-state index is 4.24. The lowest BCUT2D eigenvalue weighted by molar-refractivity contribution is 0.926. The third-order valence-electron chi connectivity index (χ3n) is 1.82. The van der Waals surface area contributed by atoms with E-state index >= 15 is 0 Å². The van der Waals surface area contributed by atoms with Crippen molar-refractivity contribution in [3.8, 4) is 0 Å². The Morgan fingerprint density at radius 3 is 2.38 bits per heavy atom. The number of hydrogen-bond donors (Lipinski definition) is 0. The molecule has 1 heteroatoms. The standard InChI is InChI=1S/C12H21N/c1-5-7-9-13-10-12(8-6-2)11(3)4/h7,9-10H,5-6,8H2,1-4H3/b9-7+,13-10?. The van der Waals surface area contributed by atoms with Crippen LogP contribution in [0.5, 0.6) is 0 Å². The maximum absolute atomic E-state index is 4.24. The molecule has 0 unspecified atom stereocenters. The van der Waals surface area contributed by atoms with E-state index in [9.17, 15) is 0 Å². The van der Waals surface area contributed by atoms with Gasteiger partial charge in [0.1, 0.15) is 0 Å². The van der Waals surface area contributed by atoms with Crippen LogP contribution >= 0.6 is 0 Å². The molecule has 1 nitrogen and oxygen atoms in total. The topological polar surface area (TPSA) is 12.4 Å². The largest absolute Gasteiger partial charge is 0.265 e. The summed E-state index contributed by atoms with van der Waals surface area (Å²) in [7, 11) is 0. The number of hydrogen-bond acceptors (Lipinski definition) is 1. The molecule has 0 amide bonds. The lowest BCUT2D eigenvalue weighted by atomic mass is 10.1. The van der Waals surface area contributed by atoms with Gasteiger partial charge in [-0.2, -0.15) is 0 Å². The van der Waals surface area contributed by atoms with Crippen LogP contribution in [0.15, 0.2) is 28.4 Å². The zero-order valence-corrected chi connectivity index (χ0v) is 9.30. The first-order valence-corrected chi connectivity index (χ1v) is 5.06. The van der Waals surface area contributed by atoms with Crippen molar-refractivity contribution in [2.75, 3.05) is 0 Å². The van der Waals surface area contributed by atoms with E-state index in [0.29, 0.717) is 0 Å². The fraction of sp³-hybridized carbons (Fsp3) is 0.583. The summed E-state index contributed by atoms with van der Waals surface area (Å²) < 4.78 is 0. The van der Waals surface area contributed by atoms with Gasteiger partial charge in [-0.1, -0.05) is 31.9 Å². The van der Waals surface area contributed by atoms with Gasteiger partial charge >= 0.3 is 0 Å². The monoisotopic (exact) mass is 179 g/mol. The fourth-order valence-corrected chi connectivity index (χ4v) is 1.01. The second-order valence-corrected chi connectivity index (χ2v) is 3.35. The van der Waals surface area contributed by atoms with Gasteiger partial charge in [0.2, 0.25) is 0 Å². The highest BCUT2D eigenvalue weighted by molar-refractivity contribution is 5.79. The van der Waals surface area contributed by atoms with Crippen LogP contribution in [0.2, 0.25) is 0 Å². The van der Waals surface area contributed by atoms with E-state index in [2.05, 4.69) is 38.8 Å². The molecule has 0 rings (SSSR count). The minimum atomic E-state index is 1.05. The maximum Gasteiger partial charge on any atom is 0.0299 e. The van der Waals surface area contributed by atoms with E-state index in [4.69, 9.17) is 0 Å². The molecule has 0 saturated heterocycles. The van der Waals surface area contributed by atoms with Crippen molar-refractivity contribution in [2.24, 2.45) is 4.99 Å². The van der Waals surface area contributed by atoms with E-state index in [1.807, 2.05) is 12.4 Å². The normalized spacial score (nSPS) is 11.4. The molecule has 0 radical (unpaired) electrons. The lowest BCUT2D eigenvalue weighted by Crippen LogP contribution is -1.87. The van der Waals surface area contributed by atoms with Crippen LogP contribution in [0, 0.1) is 0 Å². The number of allylic oxidation sites excluding steroid dienone is 3. The number of rotatable bonds is 5. The highest BCUT2D eigenvalue weighted by atomic mass is 14.7. The average Bonchev–Trinajstić information content (AvgIpc) is 2.10. The van der Waals surface area contributed by atoms with Crippen molar-refractivity contribution < 1.29 is 0 Å². The Hall–Kier alpha value is -0.850. The third kappa shape index (κ3) is 6.32. The molecule has 0 aliphatic rings. The SMILES string of the molecule is CC/C=C/N=CC(CCC)=C(C)C. The number of aliphatic imine (C=N–C) groups is 1. The van der Waals surface area contributed by atoms with Gasteiger partial charge in [-0.05, 0) is 32.3 Å². The summed E-state index contributed by atoms with van der Waals surface area (Å²) in [5.74, 6) is 0. The number of nitrogens with zero attached hydrogens (tertiary/aromatic N) is 1. The molecule has 0 bridgehead atoms. The Labute approximate surface area is 82.3 Å². The first-order valence-electron chi connectivity index (χ1n) is 5.06. The Kier molecular flexibility index (Phi) is 7.27. The molecule has 0 aliphatic heterocycles. The van der Waals surface area contributed by atoms with Crippen LogP contribution < -0.4 is 0 Å². The smallest absolute Gasteiger partial charge is 0.0299 e. The average molecular weight is 179 g/mol. The molecular weight excluding hydrogens is 158 g/mol. The first kappa shape index (κ1) is 12.2. The van der Waals surface area contributed by atoms with Crippen LogP contribution in [0.4, 0.5) is 0 Å². The van der Waals surface area contributed by atoms with Crippen molar-refractivity contribution in [1.29, 1.82) is 0 Å². The molecule has 0 atom stereocenters. The minimum Gasteiger partial charge on any atom is -0.265 e. The summed E-state index contributed by atoms with van der Waals surface area (Å²) in [5.41, 5.74) is 2.73. The van der Waals surface area contributed by atoms with Crippen molar-refractivity contribution in [1.82, 2.24) is 0 Å². The van der Waals surface area contributed by atoms with Gasteiger partial charge in [-0.25, -0.2) is 0 Å². The summed E-state index contributed by atoms with van der Waals surface area (Å²) in [5, 5.41) is 0. The molecule has 0 heterocycles. The molecule has 0 saturated carbocycles. The van der Waals surface area contributed by atoms with Crippen molar-refractivity contribution in [3.05, 3.63) is 23.4 Å². The highest BCUT2D eigenvalue weighted by Crippen LogP contribution is 2.07. The Balaban J connectivity index is 4.19. The van der Waals surface area contributed by atoms with E-state index in [1.165, 1.54) is 17.6 Å². The van der Waals surface area contributed by atoms with Crippen molar-refractivity contribution >= 4 is 6.21 Å². The predicted molar refractivity (Wildman–Crippen MR) is 61.2 cm³/mol. The molecule has 0 spiro atoms. The quantitative estimate of drug-likeness (QED) is 0.563. The van der Waals surface area contributed by atoms with E-state index in [0.717, 1.165) is 12.8 Å². The zero-order chi connectivity index (χ0) is 10.1. The van der Waals surface area contributed by atoms with Crippen LogP contribution in [-0.4, -0.2) is 6.21 Å². The van der Waals surface area contributed by atoms with Gasteiger partial charge in [-0.15, -0.1) is 0 Å². The summed E-state index contributed by atoms with van der Waals surface area (Å²) in [6.45, 7) is 8.58. The molecule has 0 aromatic carbocycles. The van der Waals surface area contributed by atoms with E-state index in [1.54, 1.807) is 0 Å². The third-order valence-corrected chi connectivity index (χ3v) is 1.82. The second kappa shape index (κ2) is 7.78. The molecule has 0 fully saturated rings. The van der Waals surface area contributed by atoms with Crippen LogP contribution in [-0.2, 0) is 0 Å². The molecule has 0 N–H and O–H groups in total. The van der Waals surface area contributed by atoms with Gasteiger partial charge in [0.15, 0.2) is 0 Å². The van der Waals surface area contributed by atoms with E-state index in [-0.39, 0.29) is 0 Å². The van der Waals surface area contributed by atoms with Crippen LogP contribution in [0.1, 0.15) is 47.0 Å². The first-order chi connectivity index (χ1) is 6.22. The molecule has 13 heavy (non-hydrogen) atoms. The summed E-state index contributed by atoms with van der Waals surface area (Å²) in [6, 6.07) is 0. The molecule has 0 aliphatic carbocycles. The lowest BCUT2D eigenvalue weighted by Gasteiger charge is -2.00. The highest BCUT2D eigenvalue weighted by Gasteiger charge is 1.92. The fourth-order valence-electron chi connectivity index (χ4n) is 1.01. The minimum absolute atomic E-state index is 1.05. The van der Waals surface area contributed by atoms with Crippen molar-refractivity contribution in [2.45, 2.75) is 47.0 Å². The van der Waals surface area contributed by atoms with Gasteiger partial charge in [0.05, 0.1) is 0 Å². The summed E-state index contributed by atoms with van der Waals surface area (Å²) in [4.78, 5) is 4.24. The van der Waals surface area contributed by atoms with Gasteiger partial charge in [0.25, 0.3) is 0 Å². The Bertz CT molecular complexity index is 205. The van der Waals surface area contributed by atoms with Gasteiger partial charge in [-0.3, -0.25) is 4.99 Å². The molecule has 74 valence electrons. The van der Waals surface area contributed by atoms with Gasteiger partial charge < -0.3 is 0 Å². The Morgan fingerprint density at radius 1 is 1.23 bits per heavy atom. The Morgan fingerprint density at radius 2 is 1.92 bits per heavy atom. The predicted octanol–water partition coefficient (Wildman–Crippen LogP) is 4.12. The zero-order valence-electron chi connectivity index (χ0n) is 9.30. The molecular formula is C12H21N. The second-order valence-electron chi connectivity index (χ2n) is 3.35. The molecule has 0 aromatic rings. The summed E-state index contributed by atoms with van der Waals surface area (Å²) in [6.07, 6.45) is 9.28. The van der Waals surface area contributed by atoms with Crippen LogP contribution in [0.25, 0.3) is 0 Å². The van der Waals surface area contributed by atoms with E-state index < -0.39 is 0 Å².